The van der Waals surface area contributed by atoms with Crippen molar-refractivity contribution in [2.45, 2.75) is 13.3 Å². The Labute approximate surface area is 118 Å². The van der Waals surface area contributed by atoms with Gasteiger partial charge >= 0.3 is 12.3 Å². The molecule has 0 saturated carbocycles. The molecule has 0 unspecified atom stereocenters. The van der Waals surface area contributed by atoms with Crippen LogP contribution in [0.25, 0.3) is 11.1 Å². The Morgan fingerprint density at radius 2 is 1.95 bits per heavy atom. The SMILES string of the molecule is CC(=O)Oc1cccc(-c2ccc[c]c2OC(F)(F)F)c1. The Balaban J connectivity index is 2.40. The number of carbonyl (C=O) groups is 1. The lowest BCUT2D eigenvalue weighted by Gasteiger charge is -2.13. The fraction of sp³-hybridized carbons (Fsp3) is 0.133. The Kier molecular flexibility index (Phi) is 4.16. The average molecular weight is 295 g/mol. The number of alkyl halides is 3. The predicted octanol–water partition coefficient (Wildman–Crippen LogP) is 3.98. The number of benzene rings is 2. The third kappa shape index (κ3) is 4.24. The molecule has 21 heavy (non-hydrogen) atoms. The zero-order valence-electron chi connectivity index (χ0n) is 10.9. The highest BCUT2D eigenvalue weighted by Gasteiger charge is 2.32. The Bertz CT molecular complexity index is 651. The van der Waals surface area contributed by atoms with E-state index >= 15 is 0 Å². The molecule has 1 radical (unpaired) electrons. The number of halogens is 3. The van der Waals surface area contributed by atoms with E-state index in [1.165, 1.54) is 37.3 Å². The van der Waals surface area contributed by atoms with E-state index < -0.39 is 18.1 Å². The summed E-state index contributed by atoms with van der Waals surface area (Å²) in [6.45, 7) is 1.24. The van der Waals surface area contributed by atoms with Crippen molar-refractivity contribution < 1.29 is 27.4 Å². The second kappa shape index (κ2) is 5.87. The summed E-state index contributed by atoms with van der Waals surface area (Å²) >= 11 is 0. The number of ether oxygens (including phenoxy) is 2. The molecule has 0 heterocycles. The molecule has 0 fully saturated rings. The number of esters is 1. The largest absolute Gasteiger partial charge is 0.573 e. The third-order valence-corrected chi connectivity index (χ3v) is 2.44. The van der Waals surface area contributed by atoms with Gasteiger partial charge in [-0.2, -0.15) is 0 Å². The number of carbonyl (C=O) groups excluding carboxylic acids is 1. The Hall–Kier alpha value is -2.50. The highest BCUT2D eigenvalue weighted by Crippen LogP contribution is 2.34. The lowest BCUT2D eigenvalue weighted by Crippen LogP contribution is -2.17. The molecule has 0 spiro atoms. The van der Waals surface area contributed by atoms with Crippen LogP contribution in [0.2, 0.25) is 0 Å². The van der Waals surface area contributed by atoms with E-state index in [9.17, 15) is 18.0 Å². The smallest absolute Gasteiger partial charge is 0.427 e. The summed E-state index contributed by atoms with van der Waals surface area (Å²) in [6, 6.07) is 12.9. The van der Waals surface area contributed by atoms with Crippen molar-refractivity contribution >= 4 is 5.97 Å². The van der Waals surface area contributed by atoms with Crippen molar-refractivity contribution in [2.75, 3.05) is 0 Å². The minimum atomic E-state index is -4.81. The van der Waals surface area contributed by atoms with Gasteiger partial charge in [0.05, 0.1) is 0 Å². The van der Waals surface area contributed by atoms with Crippen LogP contribution in [-0.2, 0) is 4.79 Å². The van der Waals surface area contributed by atoms with Crippen LogP contribution >= 0.6 is 0 Å². The van der Waals surface area contributed by atoms with Crippen LogP contribution in [0.3, 0.4) is 0 Å². The number of rotatable bonds is 3. The molecule has 3 nitrogen and oxygen atoms in total. The van der Waals surface area contributed by atoms with E-state index in [2.05, 4.69) is 10.8 Å². The van der Waals surface area contributed by atoms with Crippen LogP contribution in [0.4, 0.5) is 13.2 Å². The van der Waals surface area contributed by atoms with E-state index in [0.717, 1.165) is 0 Å². The van der Waals surface area contributed by atoms with E-state index in [0.29, 0.717) is 5.56 Å². The molecule has 0 aromatic heterocycles. The molecule has 6 heteroatoms. The summed E-state index contributed by atoms with van der Waals surface area (Å²) in [5.74, 6) is -0.717. The molecule has 109 valence electrons. The zero-order valence-corrected chi connectivity index (χ0v) is 10.9. The molecule has 2 aromatic rings. The highest BCUT2D eigenvalue weighted by atomic mass is 19.4. The first kappa shape index (κ1) is 14.9. The van der Waals surface area contributed by atoms with Gasteiger partial charge in [-0.25, -0.2) is 0 Å². The molecule has 0 amide bonds. The summed E-state index contributed by atoms with van der Waals surface area (Å²) in [5.41, 5.74) is 0.619. The van der Waals surface area contributed by atoms with Crippen molar-refractivity contribution in [3.05, 3.63) is 48.5 Å². The van der Waals surface area contributed by atoms with Gasteiger partial charge in [-0.15, -0.1) is 13.2 Å². The van der Waals surface area contributed by atoms with Gasteiger partial charge < -0.3 is 9.47 Å². The second-order valence-electron chi connectivity index (χ2n) is 4.08. The maximum atomic E-state index is 12.4. The summed E-state index contributed by atoms with van der Waals surface area (Å²) in [5, 5.41) is 0. The summed E-state index contributed by atoms with van der Waals surface area (Å²) < 4.78 is 46.0. The number of hydrogen-bond donors (Lipinski definition) is 0. The molecule has 0 bridgehead atoms. The maximum Gasteiger partial charge on any atom is 0.573 e. The van der Waals surface area contributed by atoms with Gasteiger partial charge in [0, 0.05) is 18.6 Å². The van der Waals surface area contributed by atoms with Crippen LogP contribution in [0.5, 0.6) is 11.5 Å². The van der Waals surface area contributed by atoms with Gasteiger partial charge in [0.1, 0.15) is 11.5 Å². The minimum Gasteiger partial charge on any atom is -0.427 e. The molecule has 0 saturated heterocycles. The molecule has 0 aliphatic carbocycles. The van der Waals surface area contributed by atoms with E-state index in [1.54, 1.807) is 12.1 Å². The summed E-state index contributed by atoms with van der Waals surface area (Å²) in [6.07, 6.45) is -4.81. The van der Waals surface area contributed by atoms with Crippen molar-refractivity contribution in [3.63, 3.8) is 0 Å². The van der Waals surface area contributed by atoms with Crippen molar-refractivity contribution in [2.24, 2.45) is 0 Å². The fourth-order valence-corrected chi connectivity index (χ4v) is 1.74. The second-order valence-corrected chi connectivity index (χ2v) is 4.08. The highest BCUT2D eigenvalue weighted by molar-refractivity contribution is 5.73. The quantitative estimate of drug-likeness (QED) is 0.634. The number of hydrogen-bond acceptors (Lipinski definition) is 3. The fourth-order valence-electron chi connectivity index (χ4n) is 1.74. The van der Waals surface area contributed by atoms with Crippen LogP contribution < -0.4 is 9.47 Å². The lowest BCUT2D eigenvalue weighted by molar-refractivity contribution is -0.274. The average Bonchev–Trinajstić information content (AvgIpc) is 2.37. The monoisotopic (exact) mass is 295 g/mol. The van der Waals surface area contributed by atoms with Crippen molar-refractivity contribution in [1.29, 1.82) is 0 Å². The first-order valence-corrected chi connectivity index (χ1v) is 5.90. The van der Waals surface area contributed by atoms with E-state index in [4.69, 9.17) is 4.74 Å². The lowest BCUT2D eigenvalue weighted by atomic mass is 10.0. The molecular formula is C15H10F3O3. The van der Waals surface area contributed by atoms with Crippen molar-refractivity contribution in [1.82, 2.24) is 0 Å². The van der Waals surface area contributed by atoms with Gasteiger partial charge in [-0.3, -0.25) is 4.79 Å². The molecular weight excluding hydrogens is 285 g/mol. The number of para-hydroxylation sites is 1. The van der Waals surface area contributed by atoms with Gasteiger partial charge in [-0.1, -0.05) is 30.3 Å². The summed E-state index contributed by atoms with van der Waals surface area (Å²) in [4.78, 5) is 10.9. The van der Waals surface area contributed by atoms with Crippen LogP contribution in [0.15, 0.2) is 42.5 Å². The molecule has 0 aliphatic rings. The standard InChI is InChI=1S/C15H10F3O3/c1-10(19)20-12-6-4-5-11(9-12)13-7-2-3-8-14(13)21-15(16,17)18/h2-7,9H,1H3. The van der Waals surface area contributed by atoms with Crippen LogP contribution in [0, 0.1) is 6.07 Å². The van der Waals surface area contributed by atoms with Crippen LogP contribution in [0.1, 0.15) is 6.92 Å². The molecule has 0 aliphatic heterocycles. The molecule has 0 atom stereocenters. The predicted molar refractivity (Wildman–Crippen MR) is 68.7 cm³/mol. The summed E-state index contributed by atoms with van der Waals surface area (Å²) in [7, 11) is 0. The topological polar surface area (TPSA) is 35.5 Å². The third-order valence-electron chi connectivity index (χ3n) is 2.44. The first-order chi connectivity index (χ1) is 9.85. The minimum absolute atomic E-state index is 0.198. The maximum absolute atomic E-state index is 12.4. The Morgan fingerprint density at radius 3 is 2.62 bits per heavy atom. The van der Waals surface area contributed by atoms with Gasteiger partial charge in [0.25, 0.3) is 0 Å². The van der Waals surface area contributed by atoms with Gasteiger partial charge in [0.15, 0.2) is 0 Å². The van der Waals surface area contributed by atoms with Gasteiger partial charge in [-0.05, 0) is 17.7 Å². The van der Waals surface area contributed by atoms with Gasteiger partial charge in [0.2, 0.25) is 0 Å². The first-order valence-electron chi connectivity index (χ1n) is 5.90. The zero-order chi connectivity index (χ0) is 15.5. The Morgan fingerprint density at radius 1 is 1.19 bits per heavy atom. The molecule has 0 N–H and O–H groups in total. The van der Waals surface area contributed by atoms with Crippen LogP contribution in [-0.4, -0.2) is 12.3 Å². The molecule has 2 rings (SSSR count). The molecule has 2 aromatic carbocycles. The van der Waals surface area contributed by atoms with Crippen molar-refractivity contribution in [3.8, 4) is 22.6 Å². The van der Waals surface area contributed by atoms with E-state index in [1.807, 2.05) is 0 Å². The normalized spacial score (nSPS) is 11.0. The van der Waals surface area contributed by atoms with E-state index in [-0.39, 0.29) is 11.3 Å².